The van der Waals surface area contributed by atoms with E-state index in [2.05, 4.69) is 5.10 Å². The van der Waals surface area contributed by atoms with Crippen molar-refractivity contribution in [1.29, 1.82) is 0 Å². The van der Waals surface area contributed by atoms with Gasteiger partial charge in [0.25, 0.3) is 5.56 Å². The maximum Gasteiger partial charge on any atom is 0.308 e. The summed E-state index contributed by atoms with van der Waals surface area (Å²) in [5.41, 5.74) is 1.61. The molecule has 0 atom stereocenters. The van der Waals surface area contributed by atoms with Gasteiger partial charge in [0.05, 0.1) is 12.1 Å². The molecule has 0 unspecified atom stereocenters. The summed E-state index contributed by atoms with van der Waals surface area (Å²) < 4.78 is 1.35. The molecule has 0 radical (unpaired) electrons. The number of benzene rings is 1. The number of nitrogens with one attached hydrogen (secondary N) is 1. The van der Waals surface area contributed by atoms with Gasteiger partial charge in [-0.15, -0.1) is 0 Å². The van der Waals surface area contributed by atoms with E-state index in [4.69, 9.17) is 5.11 Å². The van der Waals surface area contributed by atoms with Crippen LogP contribution in [0.4, 0.5) is 0 Å². The van der Waals surface area contributed by atoms with Crippen LogP contribution in [0, 0.1) is 6.92 Å². The van der Waals surface area contributed by atoms with Crippen molar-refractivity contribution in [2.45, 2.75) is 13.3 Å². The van der Waals surface area contributed by atoms with Crippen LogP contribution in [0.25, 0.3) is 5.69 Å². The topological polar surface area (TPSA) is 75.1 Å². The van der Waals surface area contributed by atoms with Crippen molar-refractivity contribution in [3.63, 3.8) is 0 Å². The SMILES string of the molecule is Cc1ccccc1-n1[nH]cc(CC(=O)O)c1=O. The van der Waals surface area contributed by atoms with Crippen LogP contribution in [-0.4, -0.2) is 20.9 Å². The van der Waals surface area contributed by atoms with Gasteiger partial charge in [-0.3, -0.25) is 14.7 Å². The second-order valence-corrected chi connectivity index (χ2v) is 3.80. The quantitative estimate of drug-likeness (QED) is 0.832. The highest BCUT2D eigenvalue weighted by Gasteiger charge is 2.11. The number of carboxylic acid groups (broad SMARTS) is 1. The lowest BCUT2D eigenvalue weighted by Gasteiger charge is -2.04. The van der Waals surface area contributed by atoms with Crippen LogP contribution in [0.1, 0.15) is 11.1 Å². The van der Waals surface area contributed by atoms with Crippen LogP contribution in [0.5, 0.6) is 0 Å². The number of aromatic nitrogens is 2. The number of H-pyrrole nitrogens is 1. The van der Waals surface area contributed by atoms with E-state index < -0.39 is 5.97 Å². The van der Waals surface area contributed by atoms with Crippen molar-refractivity contribution in [2.75, 3.05) is 0 Å². The van der Waals surface area contributed by atoms with Crippen LogP contribution in [-0.2, 0) is 11.2 Å². The number of aryl methyl sites for hydroxylation is 1. The van der Waals surface area contributed by atoms with Crippen molar-refractivity contribution in [1.82, 2.24) is 9.78 Å². The van der Waals surface area contributed by atoms with Crippen molar-refractivity contribution in [3.8, 4) is 5.69 Å². The zero-order chi connectivity index (χ0) is 12.4. The van der Waals surface area contributed by atoms with Gasteiger partial charge in [0.1, 0.15) is 0 Å². The number of carbonyl (C=O) groups is 1. The highest BCUT2D eigenvalue weighted by atomic mass is 16.4. The van der Waals surface area contributed by atoms with Crippen LogP contribution >= 0.6 is 0 Å². The highest BCUT2D eigenvalue weighted by Crippen LogP contribution is 2.10. The zero-order valence-electron chi connectivity index (χ0n) is 9.30. The van der Waals surface area contributed by atoms with Gasteiger partial charge in [0, 0.05) is 11.8 Å². The number of para-hydroxylation sites is 1. The Morgan fingerprint density at radius 1 is 1.41 bits per heavy atom. The average molecular weight is 232 g/mol. The summed E-state index contributed by atoms with van der Waals surface area (Å²) in [5, 5.41) is 11.4. The van der Waals surface area contributed by atoms with Gasteiger partial charge >= 0.3 is 5.97 Å². The minimum Gasteiger partial charge on any atom is -0.481 e. The average Bonchev–Trinajstić information content (AvgIpc) is 2.61. The normalized spacial score (nSPS) is 10.4. The molecule has 1 heterocycles. The molecule has 5 heteroatoms. The third-order valence-electron chi connectivity index (χ3n) is 2.54. The Morgan fingerprint density at radius 2 is 2.12 bits per heavy atom. The minimum absolute atomic E-state index is 0.251. The predicted octanol–water partition coefficient (Wildman–Crippen LogP) is 1.10. The Kier molecular flexibility index (Phi) is 2.82. The summed E-state index contributed by atoms with van der Waals surface area (Å²) in [4.78, 5) is 22.5. The van der Waals surface area contributed by atoms with Gasteiger partial charge in [0.15, 0.2) is 0 Å². The Hall–Kier alpha value is -2.30. The van der Waals surface area contributed by atoms with Gasteiger partial charge < -0.3 is 5.11 Å². The summed E-state index contributed by atoms with van der Waals surface area (Å²) >= 11 is 0. The number of nitrogens with zero attached hydrogens (tertiary/aromatic N) is 1. The molecule has 0 bridgehead atoms. The van der Waals surface area contributed by atoms with Crippen LogP contribution in [0.2, 0.25) is 0 Å². The zero-order valence-corrected chi connectivity index (χ0v) is 9.30. The highest BCUT2D eigenvalue weighted by molar-refractivity contribution is 5.69. The molecule has 2 N–H and O–H groups in total. The molecule has 0 spiro atoms. The Labute approximate surface area is 97.3 Å². The minimum atomic E-state index is -1.02. The standard InChI is InChI=1S/C12H12N2O3/c1-8-4-2-3-5-10(8)14-12(17)9(7-13-14)6-11(15)16/h2-5,7,13H,6H2,1H3,(H,15,16). The molecule has 0 aliphatic carbocycles. The van der Waals surface area contributed by atoms with E-state index in [9.17, 15) is 9.59 Å². The molecule has 1 aromatic carbocycles. The molecule has 2 aromatic rings. The maximum atomic E-state index is 11.9. The van der Waals surface area contributed by atoms with Crippen molar-refractivity contribution in [3.05, 3.63) is 51.9 Å². The third kappa shape index (κ3) is 2.13. The maximum absolute atomic E-state index is 11.9. The number of hydrogen-bond donors (Lipinski definition) is 2. The first-order chi connectivity index (χ1) is 8.09. The fourth-order valence-corrected chi connectivity index (χ4v) is 1.69. The van der Waals surface area contributed by atoms with Gasteiger partial charge in [-0.2, -0.15) is 0 Å². The van der Waals surface area contributed by atoms with E-state index in [1.54, 1.807) is 6.07 Å². The number of carboxylic acids is 1. The molecule has 0 saturated carbocycles. The molecule has 0 fully saturated rings. The molecule has 88 valence electrons. The number of rotatable bonds is 3. The molecular weight excluding hydrogens is 220 g/mol. The van der Waals surface area contributed by atoms with Gasteiger partial charge in [-0.05, 0) is 18.6 Å². The van der Waals surface area contributed by atoms with Gasteiger partial charge in [-0.1, -0.05) is 18.2 Å². The molecule has 0 amide bonds. The van der Waals surface area contributed by atoms with Gasteiger partial charge in [-0.25, -0.2) is 4.68 Å². The summed E-state index contributed by atoms with van der Waals surface area (Å²) in [5.74, 6) is -1.02. The van der Waals surface area contributed by atoms with Gasteiger partial charge in [0.2, 0.25) is 0 Å². The van der Waals surface area contributed by atoms with Crippen LogP contribution in [0.3, 0.4) is 0 Å². The smallest absolute Gasteiger partial charge is 0.308 e. The van der Waals surface area contributed by atoms with Crippen molar-refractivity contribution < 1.29 is 9.90 Å². The lowest BCUT2D eigenvalue weighted by molar-refractivity contribution is -0.136. The van der Waals surface area contributed by atoms with E-state index in [1.807, 2.05) is 25.1 Å². The molecule has 2 rings (SSSR count). The van der Waals surface area contributed by atoms with Crippen molar-refractivity contribution >= 4 is 5.97 Å². The molecule has 0 saturated heterocycles. The summed E-state index contributed by atoms with van der Waals surface area (Å²) in [6.07, 6.45) is 1.16. The summed E-state index contributed by atoms with van der Waals surface area (Å²) in [6.45, 7) is 1.89. The van der Waals surface area contributed by atoms with Crippen LogP contribution in [0.15, 0.2) is 35.3 Å². The first-order valence-electron chi connectivity index (χ1n) is 5.16. The third-order valence-corrected chi connectivity index (χ3v) is 2.54. The summed E-state index contributed by atoms with van der Waals surface area (Å²) in [6, 6.07) is 7.40. The number of aliphatic carboxylic acids is 1. The first kappa shape index (κ1) is 11.2. The number of aromatic amines is 1. The molecule has 0 aliphatic heterocycles. The van der Waals surface area contributed by atoms with E-state index in [1.165, 1.54) is 10.9 Å². The largest absolute Gasteiger partial charge is 0.481 e. The molecular formula is C12H12N2O3. The van der Waals surface area contributed by atoms with Crippen molar-refractivity contribution in [2.24, 2.45) is 0 Å². The van der Waals surface area contributed by atoms with E-state index in [-0.39, 0.29) is 17.5 Å². The fourth-order valence-electron chi connectivity index (χ4n) is 1.69. The molecule has 5 nitrogen and oxygen atoms in total. The molecule has 1 aromatic heterocycles. The fraction of sp³-hybridized carbons (Fsp3) is 0.167. The lowest BCUT2D eigenvalue weighted by Crippen LogP contribution is -2.19. The second kappa shape index (κ2) is 4.29. The Balaban J connectivity index is 2.48. The lowest BCUT2D eigenvalue weighted by atomic mass is 10.2. The van der Waals surface area contributed by atoms with E-state index in [0.29, 0.717) is 0 Å². The van der Waals surface area contributed by atoms with Crippen LogP contribution < -0.4 is 5.56 Å². The first-order valence-corrected chi connectivity index (χ1v) is 5.16. The number of hydrogen-bond acceptors (Lipinski definition) is 2. The monoisotopic (exact) mass is 232 g/mol. The van der Waals surface area contributed by atoms with E-state index in [0.717, 1.165) is 11.3 Å². The molecule has 0 aliphatic rings. The predicted molar refractivity (Wildman–Crippen MR) is 62.5 cm³/mol. The Bertz CT molecular complexity index is 610. The Morgan fingerprint density at radius 3 is 2.76 bits per heavy atom. The summed E-state index contributed by atoms with van der Waals surface area (Å²) in [7, 11) is 0. The second-order valence-electron chi connectivity index (χ2n) is 3.80. The van der Waals surface area contributed by atoms with E-state index >= 15 is 0 Å². The molecule has 17 heavy (non-hydrogen) atoms.